The lowest BCUT2D eigenvalue weighted by molar-refractivity contribution is 0.0697. The lowest BCUT2D eigenvalue weighted by Gasteiger charge is -2.27. The molecule has 3 nitrogen and oxygen atoms in total. The fraction of sp³-hybridized carbons (Fsp3) is 0.462. The Kier molecular flexibility index (Phi) is 3.57. The van der Waals surface area contributed by atoms with Crippen LogP contribution in [0, 0.1) is 0 Å². The van der Waals surface area contributed by atoms with E-state index in [4.69, 9.17) is 11.6 Å². The summed E-state index contributed by atoms with van der Waals surface area (Å²) in [5, 5.41) is 9.66. The van der Waals surface area contributed by atoms with Crippen LogP contribution in [0.2, 0.25) is 5.02 Å². The number of carboxylic acid groups (broad SMARTS) is 1. The van der Waals surface area contributed by atoms with Crippen LogP contribution in [0.25, 0.3) is 0 Å². The van der Waals surface area contributed by atoms with Gasteiger partial charge in [0.1, 0.15) is 0 Å². The molecule has 92 valence electrons. The van der Waals surface area contributed by atoms with E-state index in [-0.39, 0.29) is 5.56 Å². The van der Waals surface area contributed by atoms with Gasteiger partial charge in [-0.2, -0.15) is 0 Å². The van der Waals surface area contributed by atoms with E-state index in [1.165, 1.54) is 18.9 Å². The summed E-state index contributed by atoms with van der Waals surface area (Å²) in [5.74, 6) is -0.924. The predicted octanol–water partition coefficient (Wildman–Crippen LogP) is 3.42. The Morgan fingerprint density at radius 2 is 2.06 bits per heavy atom. The predicted molar refractivity (Wildman–Crippen MR) is 69.1 cm³/mol. The van der Waals surface area contributed by atoms with E-state index in [0.29, 0.717) is 11.1 Å². The monoisotopic (exact) mass is 253 g/mol. The summed E-state index contributed by atoms with van der Waals surface area (Å²) in [4.78, 5) is 13.3. The van der Waals surface area contributed by atoms with Gasteiger partial charge in [0, 0.05) is 18.1 Å². The number of carboxylic acids is 1. The van der Waals surface area contributed by atoms with Gasteiger partial charge in [-0.15, -0.1) is 0 Å². The van der Waals surface area contributed by atoms with Crippen molar-refractivity contribution >= 4 is 23.3 Å². The molecule has 1 fully saturated rings. The Hall–Kier alpha value is -1.22. The first-order valence-electron chi connectivity index (χ1n) is 5.85. The summed E-state index contributed by atoms with van der Waals surface area (Å²) in [6.45, 7) is 0. The molecule has 1 N–H and O–H groups in total. The molecule has 0 spiro atoms. The van der Waals surface area contributed by atoms with E-state index in [1.54, 1.807) is 12.1 Å². The maximum atomic E-state index is 11.2. The topological polar surface area (TPSA) is 40.5 Å². The smallest absolute Gasteiger partial charge is 0.337 e. The molecule has 1 aliphatic carbocycles. The quantitative estimate of drug-likeness (QED) is 0.897. The number of aromatic carboxylic acids is 1. The van der Waals surface area contributed by atoms with Crippen molar-refractivity contribution in [2.24, 2.45) is 0 Å². The number of rotatable bonds is 3. The third-order valence-electron chi connectivity index (χ3n) is 3.44. The fourth-order valence-corrected chi connectivity index (χ4v) is 2.65. The zero-order valence-corrected chi connectivity index (χ0v) is 10.6. The van der Waals surface area contributed by atoms with E-state index in [0.717, 1.165) is 18.5 Å². The van der Waals surface area contributed by atoms with E-state index in [1.807, 2.05) is 7.05 Å². The van der Waals surface area contributed by atoms with Crippen LogP contribution in [0.5, 0.6) is 0 Å². The van der Waals surface area contributed by atoms with Crippen molar-refractivity contribution in [1.29, 1.82) is 0 Å². The Labute approximate surface area is 106 Å². The molecule has 1 saturated carbocycles. The van der Waals surface area contributed by atoms with Crippen LogP contribution in [0.15, 0.2) is 18.2 Å². The number of nitrogens with zero attached hydrogens (tertiary/aromatic N) is 1. The Bertz CT molecular complexity index is 427. The van der Waals surface area contributed by atoms with Crippen molar-refractivity contribution in [3.05, 3.63) is 28.8 Å². The van der Waals surface area contributed by atoms with Crippen molar-refractivity contribution in [3.8, 4) is 0 Å². The highest BCUT2D eigenvalue weighted by Gasteiger charge is 2.23. The largest absolute Gasteiger partial charge is 0.478 e. The molecule has 17 heavy (non-hydrogen) atoms. The first kappa shape index (κ1) is 12.2. The van der Waals surface area contributed by atoms with E-state index < -0.39 is 5.97 Å². The summed E-state index contributed by atoms with van der Waals surface area (Å²) in [6.07, 6.45) is 4.73. The standard InChI is InChI=1S/C13H16ClNO2/c1-15(10-4-2-3-5-10)12-7-6-9(14)8-11(12)13(16)17/h6-8,10H,2-5H2,1H3,(H,16,17). The van der Waals surface area contributed by atoms with Crippen molar-refractivity contribution in [1.82, 2.24) is 0 Å². The molecular formula is C13H16ClNO2. The zero-order valence-electron chi connectivity index (χ0n) is 9.82. The van der Waals surface area contributed by atoms with Crippen LogP contribution < -0.4 is 4.90 Å². The van der Waals surface area contributed by atoms with Crippen molar-refractivity contribution in [3.63, 3.8) is 0 Å². The highest BCUT2D eigenvalue weighted by Crippen LogP contribution is 2.30. The molecule has 0 aromatic heterocycles. The van der Waals surface area contributed by atoms with Gasteiger partial charge < -0.3 is 10.0 Å². The second-order valence-corrected chi connectivity index (χ2v) is 4.95. The van der Waals surface area contributed by atoms with Gasteiger partial charge in [0.25, 0.3) is 0 Å². The van der Waals surface area contributed by atoms with Gasteiger partial charge in [-0.05, 0) is 31.0 Å². The first-order valence-corrected chi connectivity index (χ1v) is 6.23. The molecule has 4 heteroatoms. The number of hydrogen-bond acceptors (Lipinski definition) is 2. The zero-order chi connectivity index (χ0) is 12.4. The molecular weight excluding hydrogens is 238 g/mol. The second kappa shape index (κ2) is 4.96. The number of anilines is 1. The minimum Gasteiger partial charge on any atom is -0.478 e. The lowest BCUT2D eigenvalue weighted by Crippen LogP contribution is -2.30. The van der Waals surface area contributed by atoms with Crippen LogP contribution in [0.1, 0.15) is 36.0 Å². The van der Waals surface area contributed by atoms with E-state index >= 15 is 0 Å². The molecule has 0 heterocycles. The minimum absolute atomic E-state index is 0.284. The van der Waals surface area contributed by atoms with Crippen LogP contribution in [0.4, 0.5) is 5.69 Å². The Balaban J connectivity index is 2.33. The van der Waals surface area contributed by atoms with Crippen LogP contribution in [-0.2, 0) is 0 Å². The summed E-state index contributed by atoms with van der Waals surface area (Å²) in [6, 6.07) is 5.51. The molecule has 1 aromatic carbocycles. The maximum absolute atomic E-state index is 11.2. The molecule has 0 saturated heterocycles. The first-order chi connectivity index (χ1) is 8.09. The van der Waals surface area contributed by atoms with Gasteiger partial charge >= 0.3 is 5.97 Å². The minimum atomic E-state index is -0.924. The normalized spacial score (nSPS) is 16.1. The van der Waals surface area contributed by atoms with Gasteiger partial charge in [0.2, 0.25) is 0 Å². The summed E-state index contributed by atoms with van der Waals surface area (Å²) >= 11 is 5.84. The molecule has 0 bridgehead atoms. The lowest BCUT2D eigenvalue weighted by atomic mass is 10.1. The fourth-order valence-electron chi connectivity index (χ4n) is 2.48. The molecule has 1 aliphatic rings. The Morgan fingerprint density at radius 3 is 2.65 bits per heavy atom. The van der Waals surface area contributed by atoms with Gasteiger partial charge in [-0.1, -0.05) is 24.4 Å². The highest BCUT2D eigenvalue weighted by atomic mass is 35.5. The average molecular weight is 254 g/mol. The number of carbonyl (C=O) groups is 1. The average Bonchev–Trinajstić information content (AvgIpc) is 2.81. The molecule has 0 radical (unpaired) electrons. The van der Waals surface area contributed by atoms with E-state index in [2.05, 4.69) is 4.90 Å². The van der Waals surface area contributed by atoms with Crippen LogP contribution >= 0.6 is 11.6 Å². The number of hydrogen-bond donors (Lipinski definition) is 1. The van der Waals surface area contributed by atoms with E-state index in [9.17, 15) is 9.90 Å². The summed E-state index contributed by atoms with van der Waals surface area (Å²) in [7, 11) is 1.96. The molecule has 0 unspecified atom stereocenters. The Morgan fingerprint density at radius 1 is 1.41 bits per heavy atom. The molecule has 0 aliphatic heterocycles. The van der Waals surface area contributed by atoms with Gasteiger partial charge in [0.15, 0.2) is 0 Å². The molecule has 1 aromatic rings. The summed E-state index contributed by atoms with van der Waals surface area (Å²) in [5.41, 5.74) is 1.04. The van der Waals surface area contributed by atoms with Gasteiger partial charge in [-0.25, -0.2) is 4.79 Å². The van der Waals surface area contributed by atoms with Crippen LogP contribution in [-0.4, -0.2) is 24.2 Å². The third kappa shape index (κ3) is 2.55. The number of halogens is 1. The molecule has 0 amide bonds. The second-order valence-electron chi connectivity index (χ2n) is 4.52. The SMILES string of the molecule is CN(c1ccc(Cl)cc1C(=O)O)C1CCCC1. The van der Waals surface area contributed by atoms with Crippen molar-refractivity contribution < 1.29 is 9.90 Å². The maximum Gasteiger partial charge on any atom is 0.337 e. The number of benzene rings is 1. The summed E-state index contributed by atoms with van der Waals surface area (Å²) < 4.78 is 0. The third-order valence-corrected chi connectivity index (χ3v) is 3.68. The molecule has 2 rings (SSSR count). The van der Waals surface area contributed by atoms with Crippen molar-refractivity contribution in [2.75, 3.05) is 11.9 Å². The van der Waals surface area contributed by atoms with Gasteiger partial charge in [-0.3, -0.25) is 0 Å². The van der Waals surface area contributed by atoms with Crippen molar-refractivity contribution in [2.45, 2.75) is 31.7 Å². The van der Waals surface area contributed by atoms with Crippen LogP contribution in [0.3, 0.4) is 0 Å². The highest BCUT2D eigenvalue weighted by molar-refractivity contribution is 6.31. The van der Waals surface area contributed by atoms with Gasteiger partial charge in [0.05, 0.1) is 11.3 Å². The molecule has 0 atom stereocenters.